The van der Waals surface area contributed by atoms with Gasteiger partial charge in [0.2, 0.25) is 0 Å². The number of aromatic nitrogens is 2. The molecule has 37 heavy (non-hydrogen) atoms. The molecule has 186 valence electrons. The smallest absolute Gasteiger partial charge is 0.144 e. The third-order valence-corrected chi connectivity index (χ3v) is 8.24. The molecule has 0 aliphatic heterocycles. The zero-order chi connectivity index (χ0) is 25.5. The van der Waals surface area contributed by atoms with Gasteiger partial charge in [-0.15, -0.1) is 0 Å². The molecule has 1 atom stereocenters. The first-order valence-corrected chi connectivity index (χ1v) is 13.8. The molecule has 4 aromatic rings. The van der Waals surface area contributed by atoms with Crippen molar-refractivity contribution in [2.75, 3.05) is 0 Å². The lowest BCUT2D eigenvalue weighted by Crippen LogP contribution is -2.12. The van der Waals surface area contributed by atoms with Gasteiger partial charge < -0.3 is 0 Å². The molecule has 2 aliphatic rings. The van der Waals surface area contributed by atoms with Crippen LogP contribution in [-0.2, 0) is 6.42 Å². The summed E-state index contributed by atoms with van der Waals surface area (Å²) in [5.41, 5.74) is 14.0. The largest absolute Gasteiger partial charge is 0.299 e. The second-order valence-electron chi connectivity index (χ2n) is 10.9. The summed E-state index contributed by atoms with van der Waals surface area (Å²) < 4.78 is 2.38. The van der Waals surface area contributed by atoms with E-state index >= 15 is 0 Å². The van der Waals surface area contributed by atoms with Crippen molar-refractivity contribution in [1.82, 2.24) is 9.55 Å². The summed E-state index contributed by atoms with van der Waals surface area (Å²) in [6.07, 6.45) is 13.5. The Labute approximate surface area is 221 Å². The topological polar surface area (TPSA) is 17.8 Å². The van der Waals surface area contributed by atoms with Gasteiger partial charge in [0.25, 0.3) is 0 Å². The minimum atomic E-state index is 0.419. The van der Waals surface area contributed by atoms with Gasteiger partial charge in [0, 0.05) is 18.0 Å². The van der Waals surface area contributed by atoms with Crippen LogP contribution in [0.15, 0.2) is 90.8 Å². The number of hydrogen-bond acceptors (Lipinski definition) is 1. The Morgan fingerprint density at radius 3 is 2.49 bits per heavy atom. The first-order valence-electron chi connectivity index (χ1n) is 13.8. The summed E-state index contributed by atoms with van der Waals surface area (Å²) in [5, 5.41) is 0. The molecular weight excluding hydrogens is 448 g/mol. The Balaban J connectivity index is 1.59. The maximum atomic E-state index is 4.94. The van der Waals surface area contributed by atoms with Crippen LogP contribution in [0.25, 0.3) is 33.8 Å². The highest BCUT2D eigenvalue weighted by Gasteiger charge is 2.31. The predicted octanol–water partition coefficient (Wildman–Crippen LogP) is 9.50. The minimum absolute atomic E-state index is 0.419. The average Bonchev–Trinajstić information content (AvgIpc) is 3.57. The number of nitrogens with zero attached hydrogens (tertiary/aromatic N) is 2. The summed E-state index contributed by atoms with van der Waals surface area (Å²) >= 11 is 0. The van der Waals surface area contributed by atoms with Crippen LogP contribution in [-0.4, -0.2) is 9.55 Å². The van der Waals surface area contributed by atoms with E-state index in [-0.39, 0.29) is 0 Å². The van der Waals surface area contributed by atoms with Crippen molar-refractivity contribution in [3.63, 3.8) is 0 Å². The fourth-order valence-corrected chi connectivity index (χ4v) is 6.18. The highest BCUT2D eigenvalue weighted by Crippen LogP contribution is 2.47. The average molecular weight is 485 g/mol. The number of imidazole rings is 1. The molecular formula is C35H36N2. The van der Waals surface area contributed by atoms with Gasteiger partial charge in [-0.2, -0.15) is 0 Å². The van der Waals surface area contributed by atoms with Gasteiger partial charge in [-0.05, 0) is 82.5 Å². The molecule has 0 radical (unpaired) electrons. The van der Waals surface area contributed by atoms with E-state index in [1.54, 1.807) is 5.57 Å². The Hall–Kier alpha value is -3.65. The van der Waals surface area contributed by atoms with Crippen molar-refractivity contribution in [3.05, 3.63) is 113 Å². The Kier molecular flexibility index (Phi) is 6.20. The number of rotatable bonds is 6. The zero-order valence-electron chi connectivity index (χ0n) is 22.5. The second-order valence-corrected chi connectivity index (χ2v) is 10.9. The number of fused-ring (bicyclic) bond motifs is 2. The molecule has 2 nitrogen and oxygen atoms in total. The first kappa shape index (κ1) is 23.7. The van der Waals surface area contributed by atoms with E-state index in [0.717, 1.165) is 24.2 Å². The van der Waals surface area contributed by atoms with Crippen LogP contribution in [0, 0.1) is 0 Å². The van der Waals surface area contributed by atoms with Crippen LogP contribution in [0.1, 0.15) is 81.0 Å². The standard InChI is InChI=1S/C35H36N2/c1-5-24(4)32-33-29(21-27-14-9-10-17-30(27)33)22-31(23(2)3)34(32)37-19-18-36-35(37)28-16-11-15-26(20-28)25-12-7-6-8-13-25/h6-8,10-13,15-20,22-24H,5,9,14,21H2,1-4H3. The fourth-order valence-electron chi connectivity index (χ4n) is 6.18. The lowest BCUT2D eigenvalue weighted by atomic mass is 9.82. The van der Waals surface area contributed by atoms with E-state index in [1.807, 2.05) is 6.20 Å². The molecule has 0 saturated heterocycles. The summed E-state index contributed by atoms with van der Waals surface area (Å²) in [7, 11) is 0. The van der Waals surface area contributed by atoms with Crippen molar-refractivity contribution < 1.29 is 0 Å². The van der Waals surface area contributed by atoms with Gasteiger partial charge in [0.1, 0.15) is 5.82 Å². The predicted molar refractivity (Wildman–Crippen MR) is 156 cm³/mol. The minimum Gasteiger partial charge on any atom is -0.299 e. The van der Waals surface area contributed by atoms with Gasteiger partial charge >= 0.3 is 0 Å². The SMILES string of the molecule is CCC(C)c1c2c(cc(C(C)C)c1-n1ccnc1-c1cccc(-c3ccccc3)c1)CC1=C2C=CCC1. The van der Waals surface area contributed by atoms with Crippen molar-refractivity contribution in [3.8, 4) is 28.2 Å². The van der Waals surface area contributed by atoms with Crippen LogP contribution in [0.2, 0.25) is 0 Å². The van der Waals surface area contributed by atoms with Crippen molar-refractivity contribution in [2.45, 2.75) is 65.2 Å². The molecule has 6 rings (SSSR count). The molecule has 0 spiro atoms. The van der Waals surface area contributed by atoms with Gasteiger partial charge in [-0.3, -0.25) is 4.57 Å². The fraction of sp³-hybridized carbons (Fsp3) is 0.286. The molecule has 3 aromatic carbocycles. The van der Waals surface area contributed by atoms with Crippen LogP contribution < -0.4 is 0 Å². The third kappa shape index (κ3) is 4.09. The van der Waals surface area contributed by atoms with Gasteiger partial charge in [0.05, 0.1) is 5.69 Å². The molecule has 1 heterocycles. The van der Waals surface area contributed by atoms with Crippen LogP contribution in [0.4, 0.5) is 0 Å². The lowest BCUT2D eigenvalue weighted by Gasteiger charge is -2.27. The normalized spacial score (nSPS) is 15.3. The van der Waals surface area contributed by atoms with E-state index in [1.165, 1.54) is 57.5 Å². The second kappa shape index (κ2) is 9.67. The van der Waals surface area contributed by atoms with E-state index < -0.39 is 0 Å². The quantitative estimate of drug-likeness (QED) is 0.266. The zero-order valence-corrected chi connectivity index (χ0v) is 22.5. The Morgan fingerprint density at radius 2 is 1.70 bits per heavy atom. The van der Waals surface area contributed by atoms with E-state index in [4.69, 9.17) is 4.98 Å². The van der Waals surface area contributed by atoms with Crippen LogP contribution in [0.5, 0.6) is 0 Å². The summed E-state index contributed by atoms with van der Waals surface area (Å²) in [4.78, 5) is 4.94. The van der Waals surface area contributed by atoms with E-state index in [2.05, 4.69) is 111 Å². The molecule has 0 saturated carbocycles. The number of allylic oxidation sites excluding steroid dienone is 4. The maximum Gasteiger partial charge on any atom is 0.144 e. The monoisotopic (exact) mass is 484 g/mol. The number of benzene rings is 3. The van der Waals surface area contributed by atoms with Gasteiger partial charge in [0.15, 0.2) is 0 Å². The van der Waals surface area contributed by atoms with Gasteiger partial charge in [-0.1, -0.05) is 100 Å². The molecule has 2 heteroatoms. The molecule has 0 amide bonds. The Morgan fingerprint density at radius 1 is 0.919 bits per heavy atom. The Bertz CT molecular complexity index is 1510. The molecule has 2 aliphatic carbocycles. The van der Waals surface area contributed by atoms with Crippen molar-refractivity contribution >= 4 is 5.57 Å². The molecule has 0 N–H and O–H groups in total. The van der Waals surface area contributed by atoms with Gasteiger partial charge in [-0.25, -0.2) is 4.98 Å². The van der Waals surface area contributed by atoms with Crippen molar-refractivity contribution in [1.29, 1.82) is 0 Å². The van der Waals surface area contributed by atoms with Crippen LogP contribution >= 0.6 is 0 Å². The molecule has 1 aromatic heterocycles. The van der Waals surface area contributed by atoms with Crippen molar-refractivity contribution in [2.24, 2.45) is 0 Å². The summed E-state index contributed by atoms with van der Waals surface area (Å²) in [6.45, 7) is 9.39. The highest BCUT2D eigenvalue weighted by atomic mass is 15.1. The molecule has 0 bridgehead atoms. The first-order chi connectivity index (χ1) is 18.1. The number of hydrogen-bond donors (Lipinski definition) is 0. The molecule has 0 fully saturated rings. The highest BCUT2D eigenvalue weighted by molar-refractivity contribution is 5.88. The van der Waals surface area contributed by atoms with E-state index in [9.17, 15) is 0 Å². The summed E-state index contributed by atoms with van der Waals surface area (Å²) in [6, 6.07) is 22.0. The maximum absolute atomic E-state index is 4.94. The summed E-state index contributed by atoms with van der Waals surface area (Å²) in [5.74, 6) is 1.88. The van der Waals surface area contributed by atoms with E-state index in [0.29, 0.717) is 11.8 Å². The third-order valence-electron chi connectivity index (χ3n) is 8.24. The van der Waals surface area contributed by atoms with Crippen LogP contribution in [0.3, 0.4) is 0 Å². The lowest BCUT2D eigenvalue weighted by molar-refractivity contribution is 0.716. The molecule has 1 unspecified atom stereocenters.